The first-order valence-electron chi connectivity index (χ1n) is 13.2. The third-order valence-electron chi connectivity index (χ3n) is 8.45. The molecule has 30 heavy (non-hydrogen) atoms. The highest BCUT2D eigenvalue weighted by Gasteiger charge is 2.39. The summed E-state index contributed by atoms with van der Waals surface area (Å²) in [5, 5.41) is 10.1. The van der Waals surface area contributed by atoms with Crippen molar-refractivity contribution in [3.8, 4) is 6.07 Å². The van der Waals surface area contributed by atoms with Gasteiger partial charge in [0, 0.05) is 0 Å². The first-order chi connectivity index (χ1) is 14.7. The molecule has 2 aliphatic rings. The van der Waals surface area contributed by atoms with E-state index in [4.69, 9.17) is 0 Å². The van der Waals surface area contributed by atoms with Crippen LogP contribution in [0.25, 0.3) is 0 Å². The fourth-order valence-corrected chi connectivity index (χ4v) is 6.27. The Kier molecular flexibility index (Phi) is 9.29. The fraction of sp³-hybridized carbons (Fsp3) is 0.759. The van der Waals surface area contributed by atoms with E-state index in [0.29, 0.717) is 0 Å². The van der Waals surface area contributed by atoms with Gasteiger partial charge in [0.05, 0.1) is 11.5 Å². The molecule has 0 saturated heterocycles. The van der Waals surface area contributed by atoms with Gasteiger partial charge in [-0.25, -0.2) is 0 Å². The quantitative estimate of drug-likeness (QED) is 0.355. The van der Waals surface area contributed by atoms with Gasteiger partial charge in [0.2, 0.25) is 0 Å². The SMILES string of the molecule is CCCCCc1ccc(C2(C#N)CCC(C3CCC(CCCCC)CC3)CC2)cc1. The molecule has 0 spiro atoms. The number of nitriles is 1. The zero-order valence-electron chi connectivity index (χ0n) is 19.8. The fourth-order valence-electron chi connectivity index (χ4n) is 6.27. The van der Waals surface area contributed by atoms with Crippen molar-refractivity contribution < 1.29 is 0 Å². The van der Waals surface area contributed by atoms with E-state index in [9.17, 15) is 5.26 Å². The lowest BCUT2D eigenvalue weighted by Gasteiger charge is -2.41. The maximum Gasteiger partial charge on any atom is 0.0822 e. The molecule has 166 valence electrons. The van der Waals surface area contributed by atoms with E-state index in [2.05, 4.69) is 44.2 Å². The summed E-state index contributed by atoms with van der Waals surface area (Å²) >= 11 is 0. The third kappa shape index (κ3) is 6.12. The van der Waals surface area contributed by atoms with E-state index in [-0.39, 0.29) is 5.41 Å². The van der Waals surface area contributed by atoms with Crippen molar-refractivity contribution >= 4 is 0 Å². The van der Waals surface area contributed by atoms with Crippen molar-refractivity contribution in [3.63, 3.8) is 0 Å². The van der Waals surface area contributed by atoms with Crippen LogP contribution in [-0.4, -0.2) is 0 Å². The topological polar surface area (TPSA) is 23.8 Å². The number of aryl methyl sites for hydroxylation is 1. The molecule has 0 aromatic heterocycles. The Bertz CT molecular complexity index is 636. The van der Waals surface area contributed by atoms with Crippen molar-refractivity contribution in [1.82, 2.24) is 0 Å². The molecule has 1 nitrogen and oxygen atoms in total. The highest BCUT2D eigenvalue weighted by molar-refractivity contribution is 5.35. The van der Waals surface area contributed by atoms with Crippen LogP contribution in [0.4, 0.5) is 0 Å². The molecule has 0 aliphatic heterocycles. The number of hydrogen-bond acceptors (Lipinski definition) is 1. The zero-order valence-corrected chi connectivity index (χ0v) is 19.8. The van der Waals surface area contributed by atoms with Crippen molar-refractivity contribution in [2.45, 2.75) is 122 Å². The Morgan fingerprint density at radius 2 is 1.40 bits per heavy atom. The number of unbranched alkanes of at least 4 members (excludes halogenated alkanes) is 4. The standard InChI is InChI=1S/C29H45N/c1-3-5-7-9-24-11-15-26(16-12-24)27-19-21-29(23-30,22-20-27)28-17-13-25(14-18-28)10-8-6-4-2/h13-14,17-18,24,26-27H,3-12,15-16,19-22H2,1-2H3. The third-order valence-corrected chi connectivity index (χ3v) is 8.45. The van der Waals surface area contributed by atoms with E-state index >= 15 is 0 Å². The van der Waals surface area contributed by atoms with Crippen LogP contribution in [0.3, 0.4) is 0 Å². The van der Waals surface area contributed by atoms with Crippen molar-refractivity contribution in [3.05, 3.63) is 35.4 Å². The Hall–Kier alpha value is -1.29. The number of nitrogens with zero attached hydrogens (tertiary/aromatic N) is 1. The van der Waals surface area contributed by atoms with Gasteiger partial charge in [0.15, 0.2) is 0 Å². The summed E-state index contributed by atoms with van der Waals surface area (Å²) in [6.07, 6.45) is 21.2. The van der Waals surface area contributed by atoms with Crippen LogP contribution in [0, 0.1) is 29.1 Å². The number of benzene rings is 1. The Morgan fingerprint density at radius 1 is 0.800 bits per heavy atom. The lowest BCUT2D eigenvalue weighted by molar-refractivity contribution is 0.143. The summed E-state index contributed by atoms with van der Waals surface area (Å²) in [6, 6.07) is 11.9. The maximum atomic E-state index is 10.1. The Morgan fingerprint density at radius 3 is 2.00 bits per heavy atom. The summed E-state index contributed by atoms with van der Waals surface area (Å²) in [6.45, 7) is 4.57. The van der Waals surface area contributed by atoms with Crippen molar-refractivity contribution in [2.24, 2.45) is 17.8 Å². The first-order valence-corrected chi connectivity index (χ1v) is 13.2. The predicted molar refractivity (Wildman–Crippen MR) is 129 cm³/mol. The Labute approximate surface area is 186 Å². The molecule has 0 atom stereocenters. The van der Waals surface area contributed by atoms with Crippen LogP contribution in [0.1, 0.15) is 121 Å². The van der Waals surface area contributed by atoms with Crippen LogP contribution in [0.5, 0.6) is 0 Å². The summed E-state index contributed by atoms with van der Waals surface area (Å²) in [5.41, 5.74) is 2.49. The van der Waals surface area contributed by atoms with E-state index in [0.717, 1.165) is 30.6 Å². The van der Waals surface area contributed by atoms with Gasteiger partial charge in [-0.2, -0.15) is 5.26 Å². The molecule has 2 fully saturated rings. The maximum absolute atomic E-state index is 10.1. The lowest BCUT2D eigenvalue weighted by atomic mass is 9.62. The van der Waals surface area contributed by atoms with Crippen molar-refractivity contribution in [1.29, 1.82) is 5.26 Å². The molecule has 0 amide bonds. The van der Waals surface area contributed by atoms with Gasteiger partial charge in [-0.05, 0) is 80.2 Å². The van der Waals surface area contributed by atoms with Gasteiger partial charge >= 0.3 is 0 Å². The second kappa shape index (κ2) is 11.9. The summed E-state index contributed by atoms with van der Waals surface area (Å²) in [5.74, 6) is 2.81. The van der Waals surface area contributed by atoms with Crippen LogP contribution in [0.2, 0.25) is 0 Å². The van der Waals surface area contributed by atoms with E-state index in [1.54, 1.807) is 0 Å². The first kappa shape index (κ1) is 23.4. The largest absolute Gasteiger partial charge is 0.197 e. The smallest absolute Gasteiger partial charge is 0.0822 e. The minimum Gasteiger partial charge on any atom is -0.197 e. The molecule has 1 aromatic rings. The molecule has 0 radical (unpaired) electrons. The molecular formula is C29H45N. The number of rotatable bonds is 10. The van der Waals surface area contributed by atoms with Gasteiger partial charge in [0.1, 0.15) is 0 Å². The van der Waals surface area contributed by atoms with Gasteiger partial charge in [-0.3, -0.25) is 0 Å². The molecule has 0 heterocycles. The van der Waals surface area contributed by atoms with Crippen molar-refractivity contribution in [2.75, 3.05) is 0 Å². The highest BCUT2D eigenvalue weighted by atomic mass is 14.5. The summed E-state index contributed by atoms with van der Waals surface area (Å²) in [7, 11) is 0. The second-order valence-electron chi connectivity index (χ2n) is 10.5. The summed E-state index contributed by atoms with van der Waals surface area (Å²) in [4.78, 5) is 0. The lowest BCUT2D eigenvalue weighted by Crippen LogP contribution is -2.33. The van der Waals surface area contributed by atoms with Crippen LogP contribution < -0.4 is 0 Å². The monoisotopic (exact) mass is 407 g/mol. The molecular weight excluding hydrogens is 362 g/mol. The van der Waals surface area contributed by atoms with Gasteiger partial charge < -0.3 is 0 Å². The normalized spacial score (nSPS) is 29.4. The van der Waals surface area contributed by atoms with Gasteiger partial charge in [0.25, 0.3) is 0 Å². The minimum absolute atomic E-state index is 0.226. The molecule has 2 saturated carbocycles. The van der Waals surface area contributed by atoms with Gasteiger partial charge in [-0.1, -0.05) is 89.5 Å². The highest BCUT2D eigenvalue weighted by Crippen LogP contribution is 2.47. The van der Waals surface area contributed by atoms with E-state index < -0.39 is 0 Å². The minimum atomic E-state index is -0.226. The van der Waals surface area contributed by atoms with E-state index in [1.165, 1.54) is 101 Å². The average Bonchev–Trinajstić information content (AvgIpc) is 2.80. The molecule has 2 aliphatic carbocycles. The molecule has 0 bridgehead atoms. The predicted octanol–water partition coefficient (Wildman–Crippen LogP) is 8.76. The van der Waals surface area contributed by atoms with Crippen LogP contribution in [-0.2, 0) is 11.8 Å². The van der Waals surface area contributed by atoms with Crippen LogP contribution >= 0.6 is 0 Å². The number of hydrogen-bond donors (Lipinski definition) is 0. The van der Waals surface area contributed by atoms with Crippen LogP contribution in [0.15, 0.2) is 24.3 Å². The average molecular weight is 408 g/mol. The Balaban J connectivity index is 1.49. The molecule has 1 heteroatoms. The zero-order chi connectivity index (χ0) is 21.2. The molecule has 1 aromatic carbocycles. The molecule has 0 unspecified atom stereocenters. The molecule has 0 N–H and O–H groups in total. The second-order valence-corrected chi connectivity index (χ2v) is 10.5. The summed E-state index contributed by atoms with van der Waals surface area (Å²) < 4.78 is 0. The van der Waals surface area contributed by atoms with E-state index in [1.807, 2.05) is 0 Å². The van der Waals surface area contributed by atoms with Gasteiger partial charge in [-0.15, -0.1) is 0 Å². The molecule has 3 rings (SSSR count).